The molecule has 0 aromatic heterocycles. The van der Waals surface area contributed by atoms with Gasteiger partial charge in [-0.05, 0) is 23.8 Å². The van der Waals surface area contributed by atoms with Crippen LogP contribution in [0, 0.1) is 0 Å². The molecule has 0 saturated carbocycles. The monoisotopic (exact) mass is 222 g/mol. The normalized spacial score (nSPS) is 17.1. The molecule has 16 heavy (non-hydrogen) atoms. The highest BCUT2D eigenvalue weighted by atomic mass is 16.7. The molecule has 0 radical (unpaired) electrons. The number of ether oxygens (including phenoxy) is 3. The lowest BCUT2D eigenvalue weighted by atomic mass is 10.2. The molecule has 1 aromatic rings. The van der Waals surface area contributed by atoms with Crippen molar-refractivity contribution in [2.75, 3.05) is 20.3 Å². The Bertz CT molecular complexity index is 381. The summed E-state index contributed by atoms with van der Waals surface area (Å²) in [6, 6.07) is 5.14. The van der Waals surface area contributed by atoms with Gasteiger partial charge in [-0.1, -0.05) is 12.1 Å². The number of phenols is 1. The van der Waals surface area contributed by atoms with Crippen LogP contribution in [-0.2, 0) is 9.47 Å². The zero-order valence-corrected chi connectivity index (χ0v) is 9.05. The minimum atomic E-state index is -0.264. The largest absolute Gasteiger partial charge is 0.504 e. The Hall–Kier alpha value is -1.52. The number of benzene rings is 1. The number of hydrogen-bond donors (Lipinski definition) is 1. The molecule has 86 valence electrons. The summed E-state index contributed by atoms with van der Waals surface area (Å²) in [6.45, 7) is 1.27. The van der Waals surface area contributed by atoms with E-state index < -0.39 is 0 Å². The summed E-state index contributed by atoms with van der Waals surface area (Å²) >= 11 is 0. The number of methoxy groups -OCH3 is 1. The summed E-state index contributed by atoms with van der Waals surface area (Å²) < 4.78 is 15.5. The maximum absolute atomic E-state index is 9.42. The van der Waals surface area contributed by atoms with Gasteiger partial charge in [0, 0.05) is 0 Å². The van der Waals surface area contributed by atoms with Crippen molar-refractivity contribution < 1.29 is 19.3 Å². The molecule has 4 heteroatoms. The molecule has 1 aliphatic heterocycles. The molecular formula is C12H14O4. The predicted octanol–water partition coefficient (Wildman–Crippen LogP) is 1.79. The Labute approximate surface area is 94.1 Å². The van der Waals surface area contributed by atoms with Gasteiger partial charge in [0.05, 0.1) is 20.3 Å². The Morgan fingerprint density at radius 2 is 2.12 bits per heavy atom. The van der Waals surface area contributed by atoms with Crippen LogP contribution in [-0.4, -0.2) is 31.7 Å². The molecule has 0 unspecified atom stereocenters. The van der Waals surface area contributed by atoms with Crippen molar-refractivity contribution in [3.05, 3.63) is 29.8 Å². The zero-order valence-electron chi connectivity index (χ0n) is 9.05. The topological polar surface area (TPSA) is 47.9 Å². The summed E-state index contributed by atoms with van der Waals surface area (Å²) in [5.41, 5.74) is 0.925. The molecule has 1 aliphatic rings. The second-order valence-corrected chi connectivity index (χ2v) is 3.40. The maximum atomic E-state index is 9.42. The Balaban J connectivity index is 2.08. The van der Waals surface area contributed by atoms with Crippen LogP contribution in [0.3, 0.4) is 0 Å². The van der Waals surface area contributed by atoms with Crippen molar-refractivity contribution in [1.29, 1.82) is 0 Å². The van der Waals surface area contributed by atoms with E-state index >= 15 is 0 Å². The molecule has 0 atom stereocenters. The van der Waals surface area contributed by atoms with Crippen LogP contribution in [0.4, 0.5) is 0 Å². The first kappa shape index (κ1) is 11.0. The quantitative estimate of drug-likeness (QED) is 0.847. The van der Waals surface area contributed by atoms with Crippen molar-refractivity contribution >= 4 is 6.08 Å². The molecule has 0 amide bonds. The maximum Gasteiger partial charge on any atom is 0.177 e. The summed E-state index contributed by atoms with van der Waals surface area (Å²) in [7, 11) is 1.52. The van der Waals surface area contributed by atoms with Gasteiger partial charge in [0.25, 0.3) is 0 Å². The van der Waals surface area contributed by atoms with Gasteiger partial charge in [-0.2, -0.15) is 0 Å². The van der Waals surface area contributed by atoms with E-state index in [0.29, 0.717) is 19.0 Å². The van der Waals surface area contributed by atoms with Gasteiger partial charge in [-0.3, -0.25) is 0 Å². The Kier molecular flexibility index (Phi) is 3.44. The third-order valence-electron chi connectivity index (χ3n) is 2.30. The Morgan fingerprint density at radius 1 is 1.38 bits per heavy atom. The first-order chi connectivity index (χ1) is 7.79. The van der Waals surface area contributed by atoms with Gasteiger partial charge in [0.1, 0.15) is 0 Å². The van der Waals surface area contributed by atoms with Gasteiger partial charge < -0.3 is 19.3 Å². The summed E-state index contributed by atoms with van der Waals surface area (Å²) in [6.07, 6.45) is 3.44. The molecule has 2 rings (SSSR count). The molecule has 0 aliphatic carbocycles. The SMILES string of the molecule is COc1cc(/C=C/C2OCCO2)ccc1O. The van der Waals surface area contributed by atoms with Gasteiger partial charge in [0.2, 0.25) is 0 Å². The second kappa shape index (κ2) is 5.01. The van der Waals surface area contributed by atoms with E-state index in [2.05, 4.69) is 0 Å². The fourth-order valence-corrected chi connectivity index (χ4v) is 1.48. The number of phenolic OH excluding ortho intramolecular Hbond substituents is 1. The lowest BCUT2D eigenvalue weighted by molar-refractivity contribution is -0.000908. The fourth-order valence-electron chi connectivity index (χ4n) is 1.48. The fraction of sp³-hybridized carbons (Fsp3) is 0.333. The summed E-state index contributed by atoms with van der Waals surface area (Å²) in [4.78, 5) is 0. The van der Waals surface area contributed by atoms with Gasteiger partial charge in [-0.15, -0.1) is 0 Å². The van der Waals surface area contributed by atoms with E-state index in [-0.39, 0.29) is 12.0 Å². The minimum absolute atomic E-state index is 0.132. The molecule has 1 saturated heterocycles. The molecule has 1 aromatic carbocycles. The standard InChI is InChI=1S/C12H14O4/c1-14-11-8-9(2-4-10(11)13)3-5-12-15-6-7-16-12/h2-5,8,12-13H,6-7H2,1H3/b5-3+. The molecule has 1 N–H and O–H groups in total. The van der Waals surface area contributed by atoms with Crippen molar-refractivity contribution in [2.24, 2.45) is 0 Å². The van der Waals surface area contributed by atoms with E-state index in [9.17, 15) is 5.11 Å². The van der Waals surface area contributed by atoms with Crippen molar-refractivity contribution in [3.8, 4) is 11.5 Å². The first-order valence-corrected chi connectivity index (χ1v) is 5.08. The van der Waals surface area contributed by atoms with Crippen LogP contribution in [0.5, 0.6) is 11.5 Å². The van der Waals surface area contributed by atoms with Gasteiger partial charge in [0.15, 0.2) is 17.8 Å². The van der Waals surface area contributed by atoms with E-state index in [1.807, 2.05) is 12.2 Å². The lowest BCUT2D eigenvalue weighted by Gasteiger charge is -2.05. The van der Waals surface area contributed by atoms with Crippen LogP contribution in [0.2, 0.25) is 0 Å². The molecule has 1 heterocycles. The number of hydrogen-bond acceptors (Lipinski definition) is 4. The first-order valence-electron chi connectivity index (χ1n) is 5.08. The smallest absolute Gasteiger partial charge is 0.177 e. The van der Waals surface area contributed by atoms with Gasteiger partial charge >= 0.3 is 0 Å². The highest BCUT2D eigenvalue weighted by molar-refractivity contribution is 5.55. The van der Waals surface area contributed by atoms with Crippen molar-refractivity contribution in [2.45, 2.75) is 6.29 Å². The molecule has 4 nitrogen and oxygen atoms in total. The van der Waals surface area contributed by atoms with E-state index in [1.54, 1.807) is 18.2 Å². The van der Waals surface area contributed by atoms with E-state index in [0.717, 1.165) is 5.56 Å². The molecule has 1 fully saturated rings. The van der Waals surface area contributed by atoms with Crippen LogP contribution >= 0.6 is 0 Å². The van der Waals surface area contributed by atoms with Gasteiger partial charge in [-0.25, -0.2) is 0 Å². The van der Waals surface area contributed by atoms with Crippen LogP contribution in [0.15, 0.2) is 24.3 Å². The third-order valence-corrected chi connectivity index (χ3v) is 2.30. The molecule has 0 bridgehead atoms. The highest BCUT2D eigenvalue weighted by Crippen LogP contribution is 2.26. The van der Waals surface area contributed by atoms with Crippen molar-refractivity contribution in [3.63, 3.8) is 0 Å². The summed E-state index contributed by atoms with van der Waals surface area (Å²) in [5.74, 6) is 0.587. The van der Waals surface area contributed by atoms with Crippen LogP contribution < -0.4 is 4.74 Å². The minimum Gasteiger partial charge on any atom is -0.504 e. The Morgan fingerprint density at radius 3 is 2.81 bits per heavy atom. The highest BCUT2D eigenvalue weighted by Gasteiger charge is 2.11. The lowest BCUT2D eigenvalue weighted by Crippen LogP contribution is -2.01. The molecule has 0 spiro atoms. The predicted molar refractivity (Wildman–Crippen MR) is 59.4 cm³/mol. The van der Waals surface area contributed by atoms with E-state index in [1.165, 1.54) is 7.11 Å². The molecular weight excluding hydrogens is 208 g/mol. The average molecular weight is 222 g/mol. The number of rotatable bonds is 3. The summed E-state index contributed by atoms with van der Waals surface area (Å²) in [5, 5.41) is 9.42. The van der Waals surface area contributed by atoms with Crippen molar-refractivity contribution in [1.82, 2.24) is 0 Å². The second-order valence-electron chi connectivity index (χ2n) is 3.40. The van der Waals surface area contributed by atoms with Crippen LogP contribution in [0.1, 0.15) is 5.56 Å². The average Bonchev–Trinajstić information content (AvgIpc) is 2.81. The third kappa shape index (κ3) is 2.53. The number of aromatic hydroxyl groups is 1. The van der Waals surface area contributed by atoms with Crippen LogP contribution in [0.25, 0.3) is 6.08 Å². The zero-order chi connectivity index (χ0) is 11.4. The van der Waals surface area contributed by atoms with E-state index in [4.69, 9.17) is 14.2 Å².